The summed E-state index contributed by atoms with van der Waals surface area (Å²) in [7, 11) is 0. The Kier molecular flexibility index (Phi) is 4.28. The van der Waals surface area contributed by atoms with Gasteiger partial charge < -0.3 is 10.0 Å². The molecule has 0 unspecified atom stereocenters. The summed E-state index contributed by atoms with van der Waals surface area (Å²) in [5.41, 5.74) is 0.129. The van der Waals surface area contributed by atoms with Crippen LogP contribution in [-0.4, -0.2) is 33.5 Å². The topological polar surface area (TPSA) is 53.4 Å². The normalized spacial score (nSPS) is 10.5. The summed E-state index contributed by atoms with van der Waals surface area (Å²) in [5.74, 6) is -0.274. The van der Waals surface area contributed by atoms with Crippen molar-refractivity contribution in [3.05, 3.63) is 24.0 Å². The molecular formula is C12H18N2O2. The van der Waals surface area contributed by atoms with Gasteiger partial charge in [0.05, 0.1) is 0 Å². The van der Waals surface area contributed by atoms with Gasteiger partial charge in [-0.15, -0.1) is 0 Å². The van der Waals surface area contributed by atoms with E-state index in [1.54, 1.807) is 11.0 Å². The molecular weight excluding hydrogens is 204 g/mol. The fourth-order valence-corrected chi connectivity index (χ4v) is 1.53. The Morgan fingerprint density at radius 1 is 1.56 bits per heavy atom. The van der Waals surface area contributed by atoms with Crippen molar-refractivity contribution in [2.75, 3.05) is 6.54 Å². The maximum Gasteiger partial charge on any atom is 0.276 e. The lowest BCUT2D eigenvalue weighted by molar-refractivity contribution is 0.0696. The Labute approximate surface area is 95.9 Å². The Morgan fingerprint density at radius 2 is 2.25 bits per heavy atom. The van der Waals surface area contributed by atoms with Crippen LogP contribution in [0.5, 0.6) is 5.75 Å². The minimum Gasteiger partial charge on any atom is -0.505 e. The number of aromatic nitrogens is 1. The molecule has 88 valence electrons. The third-order valence-electron chi connectivity index (χ3n) is 2.34. The van der Waals surface area contributed by atoms with Crippen molar-refractivity contribution in [3.63, 3.8) is 0 Å². The number of pyridine rings is 1. The van der Waals surface area contributed by atoms with Gasteiger partial charge in [-0.3, -0.25) is 4.79 Å². The van der Waals surface area contributed by atoms with Crippen molar-refractivity contribution in [2.45, 2.75) is 33.2 Å². The summed E-state index contributed by atoms with van der Waals surface area (Å²) < 4.78 is 0. The third kappa shape index (κ3) is 2.72. The van der Waals surface area contributed by atoms with Crippen molar-refractivity contribution in [1.82, 2.24) is 9.88 Å². The Balaban J connectivity index is 2.95. The smallest absolute Gasteiger partial charge is 0.276 e. The fraction of sp³-hybridized carbons (Fsp3) is 0.500. The summed E-state index contributed by atoms with van der Waals surface area (Å²) in [6, 6.07) is 3.19. The molecule has 0 aliphatic carbocycles. The van der Waals surface area contributed by atoms with Crippen LogP contribution < -0.4 is 0 Å². The van der Waals surface area contributed by atoms with Crippen molar-refractivity contribution in [3.8, 4) is 5.75 Å². The highest BCUT2D eigenvalue weighted by atomic mass is 16.3. The van der Waals surface area contributed by atoms with Gasteiger partial charge in [0.25, 0.3) is 5.91 Å². The molecule has 0 saturated carbocycles. The minimum absolute atomic E-state index is 0.0609. The molecule has 16 heavy (non-hydrogen) atoms. The molecule has 0 atom stereocenters. The lowest BCUT2D eigenvalue weighted by atomic mass is 10.2. The maximum atomic E-state index is 12.1. The zero-order chi connectivity index (χ0) is 12.1. The molecule has 0 radical (unpaired) electrons. The number of amides is 1. The minimum atomic E-state index is -0.213. The highest BCUT2D eigenvalue weighted by Gasteiger charge is 2.21. The van der Waals surface area contributed by atoms with Gasteiger partial charge in [0, 0.05) is 18.8 Å². The zero-order valence-corrected chi connectivity index (χ0v) is 9.97. The monoisotopic (exact) mass is 222 g/mol. The molecule has 0 aromatic carbocycles. The van der Waals surface area contributed by atoms with Crippen molar-refractivity contribution in [2.24, 2.45) is 0 Å². The van der Waals surface area contributed by atoms with E-state index in [0.717, 1.165) is 6.42 Å². The van der Waals surface area contributed by atoms with Crippen LogP contribution in [0.1, 0.15) is 37.7 Å². The number of nitrogens with zero attached hydrogens (tertiary/aromatic N) is 2. The maximum absolute atomic E-state index is 12.1. The van der Waals surface area contributed by atoms with Crippen LogP contribution in [0.25, 0.3) is 0 Å². The second kappa shape index (κ2) is 5.49. The van der Waals surface area contributed by atoms with E-state index < -0.39 is 0 Å². The molecule has 1 rings (SSSR count). The van der Waals surface area contributed by atoms with Crippen LogP contribution >= 0.6 is 0 Å². The van der Waals surface area contributed by atoms with Crippen molar-refractivity contribution < 1.29 is 9.90 Å². The molecule has 1 N–H and O–H groups in total. The molecule has 0 aliphatic rings. The second-order valence-electron chi connectivity index (χ2n) is 3.96. The van der Waals surface area contributed by atoms with E-state index in [2.05, 4.69) is 4.98 Å². The number of hydrogen-bond donors (Lipinski definition) is 1. The molecule has 1 aromatic heterocycles. The largest absolute Gasteiger partial charge is 0.505 e. The lowest BCUT2D eigenvalue weighted by Gasteiger charge is -2.26. The van der Waals surface area contributed by atoms with Gasteiger partial charge in [-0.25, -0.2) is 4.98 Å². The van der Waals surface area contributed by atoms with E-state index in [4.69, 9.17) is 0 Å². The number of hydrogen-bond acceptors (Lipinski definition) is 3. The predicted octanol–water partition coefficient (Wildman–Crippen LogP) is 2.05. The summed E-state index contributed by atoms with van der Waals surface area (Å²) >= 11 is 0. The van der Waals surface area contributed by atoms with Gasteiger partial charge >= 0.3 is 0 Å². The molecule has 0 spiro atoms. The van der Waals surface area contributed by atoms with Gasteiger partial charge in [0.1, 0.15) is 5.75 Å². The summed E-state index contributed by atoms with van der Waals surface area (Å²) in [6.07, 6.45) is 2.40. The lowest BCUT2D eigenvalue weighted by Crippen LogP contribution is -2.37. The summed E-state index contributed by atoms with van der Waals surface area (Å²) in [6.45, 7) is 6.59. The standard InChI is InChI=1S/C12H18N2O2/c1-4-8-14(9(2)3)12(16)11-10(15)6-5-7-13-11/h5-7,9,15H,4,8H2,1-3H3. The van der Waals surface area contributed by atoms with E-state index in [1.807, 2.05) is 20.8 Å². The Bertz CT molecular complexity index is 364. The summed E-state index contributed by atoms with van der Waals surface area (Å²) in [4.78, 5) is 17.7. The number of carbonyl (C=O) groups is 1. The average molecular weight is 222 g/mol. The van der Waals surface area contributed by atoms with E-state index in [1.165, 1.54) is 12.3 Å². The fourth-order valence-electron chi connectivity index (χ4n) is 1.53. The van der Waals surface area contributed by atoms with E-state index in [-0.39, 0.29) is 23.4 Å². The first-order chi connectivity index (χ1) is 7.57. The second-order valence-corrected chi connectivity index (χ2v) is 3.96. The van der Waals surface area contributed by atoms with Gasteiger partial charge in [-0.1, -0.05) is 6.92 Å². The van der Waals surface area contributed by atoms with Gasteiger partial charge in [0.15, 0.2) is 5.69 Å². The van der Waals surface area contributed by atoms with Crippen molar-refractivity contribution in [1.29, 1.82) is 0 Å². The van der Waals surface area contributed by atoms with E-state index in [0.29, 0.717) is 6.54 Å². The Morgan fingerprint density at radius 3 is 2.75 bits per heavy atom. The van der Waals surface area contributed by atoms with Crippen LogP contribution in [-0.2, 0) is 0 Å². The van der Waals surface area contributed by atoms with Crippen molar-refractivity contribution >= 4 is 5.91 Å². The SMILES string of the molecule is CCCN(C(=O)c1ncccc1O)C(C)C. The first kappa shape index (κ1) is 12.5. The first-order valence-electron chi connectivity index (χ1n) is 5.52. The molecule has 4 nitrogen and oxygen atoms in total. The third-order valence-corrected chi connectivity index (χ3v) is 2.34. The molecule has 0 aliphatic heterocycles. The molecule has 0 saturated heterocycles. The molecule has 0 fully saturated rings. The number of carbonyl (C=O) groups excluding carboxylic acids is 1. The van der Waals surface area contributed by atoms with Gasteiger partial charge in [0.2, 0.25) is 0 Å². The average Bonchev–Trinajstić information content (AvgIpc) is 2.25. The highest BCUT2D eigenvalue weighted by Crippen LogP contribution is 2.16. The highest BCUT2D eigenvalue weighted by molar-refractivity contribution is 5.94. The molecule has 1 heterocycles. The number of aromatic hydroxyl groups is 1. The quantitative estimate of drug-likeness (QED) is 0.848. The van der Waals surface area contributed by atoms with E-state index >= 15 is 0 Å². The van der Waals surface area contributed by atoms with Gasteiger partial charge in [-0.05, 0) is 32.4 Å². The first-order valence-corrected chi connectivity index (χ1v) is 5.52. The van der Waals surface area contributed by atoms with Crippen LogP contribution in [0.3, 0.4) is 0 Å². The Hall–Kier alpha value is -1.58. The predicted molar refractivity (Wildman–Crippen MR) is 62.4 cm³/mol. The van der Waals surface area contributed by atoms with E-state index in [9.17, 15) is 9.90 Å². The van der Waals surface area contributed by atoms with Crippen LogP contribution in [0, 0.1) is 0 Å². The summed E-state index contributed by atoms with van der Waals surface area (Å²) in [5, 5.41) is 9.57. The molecule has 1 aromatic rings. The zero-order valence-electron chi connectivity index (χ0n) is 9.97. The molecule has 4 heteroatoms. The van der Waals surface area contributed by atoms with Gasteiger partial charge in [-0.2, -0.15) is 0 Å². The van der Waals surface area contributed by atoms with Crippen LogP contribution in [0.2, 0.25) is 0 Å². The van der Waals surface area contributed by atoms with Crippen LogP contribution in [0.4, 0.5) is 0 Å². The molecule has 1 amide bonds. The van der Waals surface area contributed by atoms with Crippen LogP contribution in [0.15, 0.2) is 18.3 Å². The molecule has 0 bridgehead atoms. The number of rotatable bonds is 4.